The molecule has 1 aliphatic rings. The molecule has 6 heteroatoms. The second-order valence-electron chi connectivity index (χ2n) is 7.99. The average molecular weight is 376 g/mol. The van der Waals surface area contributed by atoms with Gasteiger partial charge in [-0.05, 0) is 50.6 Å². The minimum atomic E-state index is -0.240. The van der Waals surface area contributed by atoms with Crippen molar-refractivity contribution in [3.8, 4) is 5.75 Å². The predicted octanol–water partition coefficient (Wildman–Crippen LogP) is 4.50. The molecule has 2 aromatic carbocycles. The number of aromatic amines is 1. The van der Waals surface area contributed by atoms with Crippen molar-refractivity contribution in [3.05, 3.63) is 65.7 Å². The predicted molar refractivity (Wildman–Crippen MR) is 111 cm³/mol. The number of ether oxygens (including phenoxy) is 1. The summed E-state index contributed by atoms with van der Waals surface area (Å²) in [6.45, 7) is 6.87. The standard InChI is InChI=1S/C22H24N4O2/c1-22(2,3)28-15-10-8-14(9-11-15)12-26-13-18(27)19(20(26)23)21-24-16-6-4-5-7-17(16)25-21/h4-11,23,27H,12-13H2,1-3H3,(H,24,25). The van der Waals surface area contributed by atoms with Crippen molar-refractivity contribution in [1.82, 2.24) is 14.9 Å². The first-order valence-electron chi connectivity index (χ1n) is 9.29. The van der Waals surface area contributed by atoms with Crippen LogP contribution >= 0.6 is 0 Å². The van der Waals surface area contributed by atoms with Crippen molar-refractivity contribution in [3.63, 3.8) is 0 Å². The van der Waals surface area contributed by atoms with E-state index in [1.54, 1.807) is 0 Å². The number of rotatable bonds is 4. The summed E-state index contributed by atoms with van der Waals surface area (Å²) in [5.41, 5.74) is 2.97. The zero-order valence-corrected chi connectivity index (χ0v) is 16.3. The molecule has 0 aliphatic carbocycles. The molecule has 28 heavy (non-hydrogen) atoms. The fraction of sp³-hybridized carbons (Fsp3) is 0.273. The minimum Gasteiger partial charge on any atom is -0.510 e. The van der Waals surface area contributed by atoms with Gasteiger partial charge < -0.3 is 19.7 Å². The van der Waals surface area contributed by atoms with E-state index in [-0.39, 0.29) is 17.2 Å². The number of imidazole rings is 1. The van der Waals surface area contributed by atoms with E-state index in [1.165, 1.54) is 0 Å². The molecular weight excluding hydrogens is 352 g/mol. The van der Waals surface area contributed by atoms with Gasteiger partial charge in [-0.3, -0.25) is 5.41 Å². The Morgan fingerprint density at radius 3 is 2.54 bits per heavy atom. The summed E-state index contributed by atoms with van der Waals surface area (Å²) in [6, 6.07) is 15.5. The van der Waals surface area contributed by atoms with Gasteiger partial charge in [0.1, 0.15) is 28.8 Å². The van der Waals surface area contributed by atoms with Crippen LogP contribution in [0.25, 0.3) is 16.6 Å². The number of aliphatic hydroxyl groups is 1. The summed E-state index contributed by atoms with van der Waals surface area (Å²) in [6.07, 6.45) is 0. The van der Waals surface area contributed by atoms with Gasteiger partial charge >= 0.3 is 0 Å². The maximum Gasteiger partial charge on any atom is 0.145 e. The number of hydrogen-bond acceptors (Lipinski definition) is 4. The largest absolute Gasteiger partial charge is 0.510 e. The molecule has 6 nitrogen and oxygen atoms in total. The van der Waals surface area contributed by atoms with Crippen molar-refractivity contribution in [2.75, 3.05) is 6.54 Å². The zero-order chi connectivity index (χ0) is 19.9. The maximum absolute atomic E-state index is 10.5. The topological polar surface area (TPSA) is 85.2 Å². The van der Waals surface area contributed by atoms with Gasteiger partial charge in [-0.15, -0.1) is 0 Å². The zero-order valence-electron chi connectivity index (χ0n) is 16.3. The normalized spacial score (nSPS) is 15.0. The molecule has 4 rings (SSSR count). The molecule has 0 radical (unpaired) electrons. The Labute approximate surface area is 164 Å². The summed E-state index contributed by atoms with van der Waals surface area (Å²) >= 11 is 0. The van der Waals surface area contributed by atoms with Crippen LogP contribution in [0.2, 0.25) is 0 Å². The Hall–Kier alpha value is -3.28. The Morgan fingerprint density at radius 2 is 1.86 bits per heavy atom. The fourth-order valence-corrected chi connectivity index (χ4v) is 3.33. The Bertz CT molecular complexity index is 1030. The highest BCUT2D eigenvalue weighted by molar-refractivity contribution is 6.23. The molecule has 0 fully saturated rings. The van der Waals surface area contributed by atoms with E-state index in [2.05, 4.69) is 9.97 Å². The highest BCUT2D eigenvalue weighted by atomic mass is 16.5. The SMILES string of the molecule is CC(C)(C)Oc1ccc(CN2CC(O)=C(c3nc4ccccc4[nH]3)C2=N)cc1. The lowest BCUT2D eigenvalue weighted by atomic mass is 10.1. The second kappa shape index (κ2) is 6.71. The molecule has 2 heterocycles. The van der Waals surface area contributed by atoms with Crippen LogP contribution in [0.3, 0.4) is 0 Å². The molecule has 144 valence electrons. The summed E-state index contributed by atoms with van der Waals surface area (Å²) in [7, 11) is 0. The number of benzene rings is 2. The number of H-pyrrole nitrogens is 1. The number of nitrogens with zero attached hydrogens (tertiary/aromatic N) is 2. The van der Waals surface area contributed by atoms with Gasteiger partial charge in [-0.1, -0.05) is 24.3 Å². The van der Waals surface area contributed by atoms with Gasteiger partial charge in [0.25, 0.3) is 0 Å². The van der Waals surface area contributed by atoms with Crippen molar-refractivity contribution >= 4 is 22.4 Å². The van der Waals surface area contributed by atoms with E-state index < -0.39 is 0 Å². The Balaban J connectivity index is 1.50. The summed E-state index contributed by atoms with van der Waals surface area (Å²) in [5.74, 6) is 1.78. The maximum atomic E-state index is 10.5. The first-order chi connectivity index (χ1) is 13.3. The first kappa shape index (κ1) is 18.1. The van der Waals surface area contributed by atoms with Gasteiger partial charge in [-0.2, -0.15) is 0 Å². The van der Waals surface area contributed by atoms with Crippen LogP contribution in [0, 0.1) is 5.41 Å². The molecule has 0 saturated carbocycles. The molecule has 0 unspecified atom stereocenters. The third kappa shape index (κ3) is 3.58. The highest BCUT2D eigenvalue weighted by Crippen LogP contribution is 2.28. The smallest absolute Gasteiger partial charge is 0.145 e. The molecule has 1 aliphatic heterocycles. The summed E-state index contributed by atoms with van der Waals surface area (Å²) in [5, 5.41) is 19.0. The van der Waals surface area contributed by atoms with Gasteiger partial charge in [0, 0.05) is 6.54 Å². The van der Waals surface area contributed by atoms with E-state index >= 15 is 0 Å². The van der Waals surface area contributed by atoms with E-state index in [4.69, 9.17) is 10.1 Å². The first-order valence-corrected chi connectivity index (χ1v) is 9.29. The molecule has 1 aromatic heterocycles. The number of nitrogens with one attached hydrogen (secondary N) is 2. The van der Waals surface area contributed by atoms with E-state index in [0.717, 1.165) is 22.3 Å². The summed E-state index contributed by atoms with van der Waals surface area (Å²) < 4.78 is 5.85. The van der Waals surface area contributed by atoms with Gasteiger partial charge in [0.15, 0.2) is 0 Å². The van der Waals surface area contributed by atoms with E-state index in [9.17, 15) is 5.11 Å². The quantitative estimate of drug-likeness (QED) is 0.626. The van der Waals surface area contributed by atoms with Crippen LogP contribution in [-0.4, -0.2) is 38.0 Å². The van der Waals surface area contributed by atoms with Crippen LogP contribution in [-0.2, 0) is 6.54 Å². The fourth-order valence-electron chi connectivity index (χ4n) is 3.33. The van der Waals surface area contributed by atoms with Crippen LogP contribution in [0.1, 0.15) is 32.2 Å². The molecule has 0 amide bonds. The molecular formula is C22H24N4O2. The highest BCUT2D eigenvalue weighted by Gasteiger charge is 2.30. The van der Waals surface area contributed by atoms with E-state index in [0.29, 0.717) is 24.5 Å². The van der Waals surface area contributed by atoms with Crippen LogP contribution in [0.15, 0.2) is 54.3 Å². The van der Waals surface area contributed by atoms with Gasteiger partial charge in [0.2, 0.25) is 0 Å². The third-order valence-electron chi connectivity index (χ3n) is 4.53. The van der Waals surface area contributed by atoms with Crippen molar-refractivity contribution in [2.45, 2.75) is 32.9 Å². The number of aliphatic hydroxyl groups excluding tert-OH is 1. The van der Waals surface area contributed by atoms with E-state index in [1.807, 2.05) is 74.2 Å². The third-order valence-corrected chi connectivity index (χ3v) is 4.53. The summed E-state index contributed by atoms with van der Waals surface area (Å²) in [4.78, 5) is 9.55. The number of fused-ring (bicyclic) bond motifs is 1. The van der Waals surface area contributed by atoms with Crippen molar-refractivity contribution < 1.29 is 9.84 Å². The minimum absolute atomic E-state index is 0.164. The number of aromatic nitrogens is 2. The van der Waals surface area contributed by atoms with Gasteiger partial charge in [-0.25, -0.2) is 4.98 Å². The Morgan fingerprint density at radius 1 is 1.14 bits per heavy atom. The van der Waals surface area contributed by atoms with Gasteiger partial charge in [0.05, 0.1) is 23.2 Å². The lowest BCUT2D eigenvalue weighted by molar-refractivity contribution is 0.131. The molecule has 3 aromatic rings. The molecule has 0 saturated heterocycles. The second-order valence-corrected chi connectivity index (χ2v) is 7.99. The molecule has 0 bridgehead atoms. The average Bonchev–Trinajstić information content (AvgIpc) is 3.16. The van der Waals surface area contributed by atoms with Crippen LogP contribution < -0.4 is 4.74 Å². The van der Waals surface area contributed by atoms with Crippen LogP contribution in [0.5, 0.6) is 5.75 Å². The lowest BCUT2D eigenvalue weighted by Gasteiger charge is -2.22. The number of para-hydroxylation sites is 2. The monoisotopic (exact) mass is 376 g/mol. The lowest BCUT2D eigenvalue weighted by Crippen LogP contribution is -2.26. The van der Waals surface area contributed by atoms with Crippen LogP contribution in [0.4, 0.5) is 0 Å². The molecule has 3 N–H and O–H groups in total. The van der Waals surface area contributed by atoms with Crippen molar-refractivity contribution in [2.24, 2.45) is 0 Å². The number of amidine groups is 1. The van der Waals surface area contributed by atoms with Crippen molar-refractivity contribution in [1.29, 1.82) is 5.41 Å². The Kier molecular flexibility index (Phi) is 4.34. The molecule has 0 atom stereocenters. The molecule has 0 spiro atoms. The number of hydrogen-bond donors (Lipinski definition) is 3.